The van der Waals surface area contributed by atoms with E-state index in [1.807, 2.05) is 0 Å². The van der Waals surface area contributed by atoms with Crippen molar-refractivity contribution in [2.45, 2.75) is 63.3 Å². The number of hydrogen-bond donors (Lipinski definition) is 1. The van der Waals surface area contributed by atoms with Crippen molar-refractivity contribution in [2.24, 2.45) is 0 Å². The summed E-state index contributed by atoms with van der Waals surface area (Å²) in [5, 5.41) is 3.84. The van der Waals surface area contributed by atoms with Gasteiger partial charge in [-0.2, -0.15) is 0 Å². The van der Waals surface area contributed by atoms with Crippen molar-refractivity contribution in [1.82, 2.24) is 5.32 Å². The Morgan fingerprint density at radius 3 is 2.61 bits per heavy atom. The second-order valence-electron chi connectivity index (χ2n) is 5.72. The van der Waals surface area contributed by atoms with Crippen LogP contribution in [0.4, 0.5) is 0 Å². The van der Waals surface area contributed by atoms with Crippen LogP contribution in [0.3, 0.4) is 0 Å². The Morgan fingerprint density at radius 1 is 1.33 bits per heavy atom. The lowest BCUT2D eigenvalue weighted by Crippen LogP contribution is -2.35. The topological polar surface area (TPSA) is 29.1 Å². The fourth-order valence-corrected chi connectivity index (χ4v) is 4.41. The maximum Gasteiger partial charge on any atom is 0.0564 e. The van der Waals surface area contributed by atoms with Gasteiger partial charge in [-0.1, -0.05) is 38.5 Å². The molecule has 0 amide bonds. The normalized spacial score (nSPS) is 27.3. The van der Waals surface area contributed by atoms with Crippen LogP contribution in [-0.4, -0.2) is 15.5 Å². The molecule has 0 radical (unpaired) electrons. The molecule has 3 atom stereocenters. The van der Waals surface area contributed by atoms with E-state index in [4.69, 9.17) is 0 Å². The molecule has 0 spiro atoms. The number of benzene rings is 1. The minimum absolute atomic E-state index is 0.232. The van der Waals surface area contributed by atoms with Crippen LogP contribution in [0.15, 0.2) is 17.0 Å². The van der Waals surface area contributed by atoms with E-state index in [1.54, 1.807) is 0 Å². The van der Waals surface area contributed by atoms with Gasteiger partial charge in [0.05, 0.1) is 10.8 Å². The predicted molar refractivity (Wildman–Crippen MR) is 77.4 cm³/mol. The summed E-state index contributed by atoms with van der Waals surface area (Å²) >= 11 is 0. The predicted octanol–water partition coefficient (Wildman–Crippen LogP) is 3.24. The van der Waals surface area contributed by atoms with Gasteiger partial charge in [-0.25, -0.2) is 0 Å². The van der Waals surface area contributed by atoms with E-state index >= 15 is 0 Å². The summed E-state index contributed by atoms with van der Waals surface area (Å²) < 4.78 is 12.5. The monoisotopic (exact) mass is 265 g/mol. The van der Waals surface area contributed by atoms with Gasteiger partial charge in [0.15, 0.2) is 0 Å². The highest BCUT2D eigenvalue weighted by atomic mass is 32.2. The Balaban J connectivity index is 2.52. The molecule has 1 aliphatic heterocycles. The average molecular weight is 265 g/mol. The maximum absolute atomic E-state index is 12.5. The molecular formula is C15H23NOS. The molecule has 3 unspecified atom stereocenters. The third-order valence-electron chi connectivity index (χ3n) is 3.49. The van der Waals surface area contributed by atoms with Gasteiger partial charge in [0.2, 0.25) is 0 Å². The highest BCUT2D eigenvalue weighted by molar-refractivity contribution is 7.85. The van der Waals surface area contributed by atoms with Gasteiger partial charge in [0.1, 0.15) is 0 Å². The van der Waals surface area contributed by atoms with Crippen LogP contribution in [0.5, 0.6) is 0 Å². The van der Waals surface area contributed by atoms with Gasteiger partial charge in [-0.15, -0.1) is 0 Å². The fourth-order valence-electron chi connectivity index (χ4n) is 2.83. The summed E-state index contributed by atoms with van der Waals surface area (Å²) in [5.41, 5.74) is 3.68. The average Bonchev–Trinajstić information content (AvgIpc) is 2.24. The summed E-state index contributed by atoms with van der Waals surface area (Å²) in [4.78, 5) is 1.07. The second-order valence-corrected chi connectivity index (χ2v) is 7.53. The van der Waals surface area contributed by atoms with E-state index in [-0.39, 0.29) is 5.25 Å². The first kappa shape index (κ1) is 13.8. The van der Waals surface area contributed by atoms with Gasteiger partial charge >= 0.3 is 0 Å². The van der Waals surface area contributed by atoms with Crippen LogP contribution in [0.25, 0.3) is 0 Å². The second kappa shape index (κ2) is 5.14. The number of nitrogens with one attached hydrogen (secondary N) is 1. The Morgan fingerprint density at radius 2 is 2.00 bits per heavy atom. The van der Waals surface area contributed by atoms with E-state index in [2.05, 4.69) is 52.1 Å². The van der Waals surface area contributed by atoms with Crippen molar-refractivity contribution in [1.29, 1.82) is 0 Å². The van der Waals surface area contributed by atoms with Gasteiger partial charge in [0, 0.05) is 22.2 Å². The third kappa shape index (κ3) is 2.52. The highest BCUT2D eigenvalue weighted by Crippen LogP contribution is 2.36. The first-order valence-electron chi connectivity index (χ1n) is 6.68. The largest absolute Gasteiger partial charge is 0.308 e. The molecule has 0 bridgehead atoms. The molecule has 0 saturated carbocycles. The smallest absolute Gasteiger partial charge is 0.0564 e. The SMILES string of the molecule is Cc1cc(C)c2c(c1)C(NC(C)C)CC(C)S2=O. The fraction of sp³-hybridized carbons (Fsp3) is 0.600. The lowest BCUT2D eigenvalue weighted by Gasteiger charge is -2.32. The van der Waals surface area contributed by atoms with Gasteiger partial charge in [-0.05, 0) is 31.4 Å². The van der Waals surface area contributed by atoms with Crippen LogP contribution in [-0.2, 0) is 10.8 Å². The molecule has 100 valence electrons. The molecule has 0 aromatic heterocycles. The standard InChI is InChI=1S/C15H23NOS/c1-9(2)16-14-8-12(5)18(17)15-11(4)6-10(3)7-13(14)15/h6-7,9,12,14,16H,8H2,1-5H3. The van der Waals surface area contributed by atoms with Crippen molar-refractivity contribution in [2.75, 3.05) is 0 Å². The number of fused-ring (bicyclic) bond motifs is 1. The number of aryl methyl sites for hydroxylation is 2. The molecule has 1 N–H and O–H groups in total. The summed E-state index contributed by atoms with van der Waals surface area (Å²) in [6.45, 7) is 10.6. The Kier molecular flexibility index (Phi) is 3.93. The molecule has 18 heavy (non-hydrogen) atoms. The Labute approximate surface area is 113 Å². The quantitative estimate of drug-likeness (QED) is 0.889. The molecule has 3 heteroatoms. The van der Waals surface area contributed by atoms with Crippen molar-refractivity contribution >= 4 is 10.8 Å². The Bertz CT molecular complexity index is 482. The zero-order chi connectivity index (χ0) is 13.4. The zero-order valence-corrected chi connectivity index (χ0v) is 12.7. The molecule has 1 heterocycles. The molecule has 0 aliphatic carbocycles. The van der Waals surface area contributed by atoms with Gasteiger partial charge in [-0.3, -0.25) is 4.21 Å². The third-order valence-corrected chi connectivity index (χ3v) is 5.38. The first-order valence-corrected chi connectivity index (χ1v) is 7.89. The zero-order valence-electron chi connectivity index (χ0n) is 11.9. The Hall–Kier alpha value is -0.670. The number of hydrogen-bond acceptors (Lipinski definition) is 2. The molecule has 0 saturated heterocycles. The molecule has 1 aliphatic rings. The van der Waals surface area contributed by atoms with E-state index < -0.39 is 10.8 Å². The molecule has 1 aromatic rings. The number of rotatable bonds is 2. The summed E-state index contributed by atoms with van der Waals surface area (Å²) in [7, 11) is -0.855. The molecule has 1 aromatic carbocycles. The highest BCUT2D eigenvalue weighted by Gasteiger charge is 2.31. The minimum atomic E-state index is -0.855. The summed E-state index contributed by atoms with van der Waals surface area (Å²) in [6, 6.07) is 5.13. The summed E-state index contributed by atoms with van der Waals surface area (Å²) in [6.07, 6.45) is 0.959. The summed E-state index contributed by atoms with van der Waals surface area (Å²) in [5.74, 6) is 0. The van der Waals surface area contributed by atoms with Crippen LogP contribution >= 0.6 is 0 Å². The molecule has 2 nitrogen and oxygen atoms in total. The van der Waals surface area contributed by atoms with Crippen molar-refractivity contribution in [3.8, 4) is 0 Å². The molecular weight excluding hydrogens is 242 g/mol. The van der Waals surface area contributed by atoms with E-state index in [9.17, 15) is 4.21 Å². The lowest BCUT2D eigenvalue weighted by atomic mass is 9.96. The van der Waals surface area contributed by atoms with Crippen molar-refractivity contribution < 1.29 is 4.21 Å². The van der Waals surface area contributed by atoms with E-state index in [0.717, 1.165) is 11.3 Å². The maximum atomic E-state index is 12.5. The van der Waals surface area contributed by atoms with Gasteiger partial charge in [0.25, 0.3) is 0 Å². The van der Waals surface area contributed by atoms with E-state index in [1.165, 1.54) is 16.7 Å². The van der Waals surface area contributed by atoms with Crippen molar-refractivity contribution in [3.05, 3.63) is 28.8 Å². The van der Waals surface area contributed by atoms with E-state index in [0.29, 0.717) is 12.1 Å². The lowest BCUT2D eigenvalue weighted by molar-refractivity contribution is 0.436. The van der Waals surface area contributed by atoms with Crippen LogP contribution < -0.4 is 5.32 Å². The van der Waals surface area contributed by atoms with Crippen LogP contribution in [0.1, 0.15) is 49.9 Å². The molecule has 2 rings (SSSR count). The minimum Gasteiger partial charge on any atom is -0.308 e. The first-order chi connectivity index (χ1) is 8.40. The van der Waals surface area contributed by atoms with Gasteiger partial charge < -0.3 is 5.32 Å². The van der Waals surface area contributed by atoms with Crippen molar-refractivity contribution in [3.63, 3.8) is 0 Å². The van der Waals surface area contributed by atoms with Crippen LogP contribution in [0, 0.1) is 13.8 Å². The van der Waals surface area contributed by atoms with Crippen LogP contribution in [0.2, 0.25) is 0 Å². The molecule has 0 fully saturated rings.